The van der Waals surface area contributed by atoms with Crippen molar-refractivity contribution in [2.24, 2.45) is 5.73 Å². The first-order valence-corrected chi connectivity index (χ1v) is 9.34. The molecule has 1 aromatic carbocycles. The van der Waals surface area contributed by atoms with E-state index in [1.165, 1.54) is 0 Å². The summed E-state index contributed by atoms with van der Waals surface area (Å²) in [6, 6.07) is 7.35. The normalized spacial score (nSPS) is 20.6. The van der Waals surface area contributed by atoms with Gasteiger partial charge in [-0.25, -0.2) is 8.42 Å². The van der Waals surface area contributed by atoms with Crippen molar-refractivity contribution < 1.29 is 8.42 Å². The molecule has 0 spiro atoms. The lowest BCUT2D eigenvalue weighted by Crippen LogP contribution is -2.43. The highest BCUT2D eigenvalue weighted by atomic mass is 32.2. The zero-order valence-electron chi connectivity index (χ0n) is 12.8. The number of nitrogens with two attached hydrogens (primary N) is 1. The van der Waals surface area contributed by atoms with Crippen LogP contribution in [0, 0.1) is 0 Å². The number of hydrogen-bond acceptors (Lipinski definition) is 3. The van der Waals surface area contributed by atoms with Gasteiger partial charge in [0, 0.05) is 12.6 Å². The van der Waals surface area contributed by atoms with Crippen molar-refractivity contribution in [2.75, 3.05) is 13.1 Å². The third-order valence-electron chi connectivity index (χ3n) is 4.16. The third-order valence-corrected chi connectivity index (χ3v) is 6.12. The second-order valence-electron chi connectivity index (χ2n) is 5.74. The molecule has 1 unspecified atom stereocenters. The minimum atomic E-state index is -3.36. The first-order valence-electron chi connectivity index (χ1n) is 7.90. The predicted octanol–water partition coefficient (Wildman–Crippen LogP) is 2.53. The van der Waals surface area contributed by atoms with E-state index in [2.05, 4.69) is 6.92 Å². The molecule has 0 aliphatic carbocycles. The van der Waals surface area contributed by atoms with Crippen LogP contribution in [-0.2, 0) is 16.4 Å². The van der Waals surface area contributed by atoms with Crippen LogP contribution in [0.2, 0.25) is 0 Å². The SMILES string of the molecule is CCCC1CCCCN1S(=O)(=O)c1ccc(CCN)cc1. The van der Waals surface area contributed by atoms with Crippen LogP contribution in [-0.4, -0.2) is 31.9 Å². The Bertz CT molecular complexity index is 538. The van der Waals surface area contributed by atoms with Crippen LogP contribution in [0.5, 0.6) is 0 Å². The van der Waals surface area contributed by atoms with Crippen LogP contribution >= 0.6 is 0 Å². The molecular formula is C16H26N2O2S. The van der Waals surface area contributed by atoms with Gasteiger partial charge in [-0.05, 0) is 49.9 Å². The number of benzene rings is 1. The van der Waals surface area contributed by atoms with E-state index in [4.69, 9.17) is 5.73 Å². The number of nitrogens with zero attached hydrogens (tertiary/aromatic N) is 1. The average Bonchev–Trinajstić information content (AvgIpc) is 2.49. The van der Waals surface area contributed by atoms with Crippen molar-refractivity contribution in [3.8, 4) is 0 Å². The smallest absolute Gasteiger partial charge is 0.243 e. The van der Waals surface area contributed by atoms with E-state index >= 15 is 0 Å². The first kappa shape index (κ1) is 16.5. The molecule has 0 aromatic heterocycles. The Morgan fingerprint density at radius 3 is 2.57 bits per heavy atom. The largest absolute Gasteiger partial charge is 0.330 e. The van der Waals surface area contributed by atoms with Gasteiger partial charge in [0.1, 0.15) is 0 Å². The summed E-state index contributed by atoms with van der Waals surface area (Å²) in [5, 5.41) is 0. The van der Waals surface area contributed by atoms with Crippen molar-refractivity contribution in [3.63, 3.8) is 0 Å². The van der Waals surface area contributed by atoms with Gasteiger partial charge in [-0.2, -0.15) is 4.31 Å². The Balaban J connectivity index is 2.22. The number of rotatable bonds is 6. The lowest BCUT2D eigenvalue weighted by atomic mass is 10.0. The van der Waals surface area contributed by atoms with Gasteiger partial charge < -0.3 is 5.73 Å². The van der Waals surface area contributed by atoms with E-state index in [1.54, 1.807) is 16.4 Å². The summed E-state index contributed by atoms with van der Waals surface area (Å²) in [5.74, 6) is 0. The van der Waals surface area contributed by atoms with E-state index in [9.17, 15) is 8.42 Å². The summed E-state index contributed by atoms with van der Waals surface area (Å²) >= 11 is 0. The summed E-state index contributed by atoms with van der Waals surface area (Å²) in [6.45, 7) is 3.34. The number of hydrogen-bond donors (Lipinski definition) is 1. The van der Waals surface area contributed by atoms with E-state index in [0.29, 0.717) is 18.0 Å². The van der Waals surface area contributed by atoms with Gasteiger partial charge in [-0.3, -0.25) is 0 Å². The summed E-state index contributed by atoms with van der Waals surface area (Å²) in [6.07, 6.45) is 5.83. The Morgan fingerprint density at radius 1 is 1.24 bits per heavy atom. The Morgan fingerprint density at radius 2 is 1.95 bits per heavy atom. The molecule has 0 saturated carbocycles. The van der Waals surface area contributed by atoms with Crippen LogP contribution in [0.4, 0.5) is 0 Å². The zero-order valence-corrected chi connectivity index (χ0v) is 13.6. The van der Waals surface area contributed by atoms with Crippen molar-refractivity contribution in [3.05, 3.63) is 29.8 Å². The van der Waals surface area contributed by atoms with Crippen LogP contribution in [0.1, 0.15) is 44.6 Å². The Hall–Kier alpha value is -0.910. The van der Waals surface area contributed by atoms with Gasteiger partial charge in [0.2, 0.25) is 10.0 Å². The highest BCUT2D eigenvalue weighted by Gasteiger charge is 2.32. The summed E-state index contributed by atoms with van der Waals surface area (Å²) in [5.41, 5.74) is 6.61. The van der Waals surface area contributed by atoms with Gasteiger partial charge in [0.15, 0.2) is 0 Å². The molecule has 5 heteroatoms. The third kappa shape index (κ3) is 3.84. The van der Waals surface area contributed by atoms with Gasteiger partial charge in [0.25, 0.3) is 0 Å². The van der Waals surface area contributed by atoms with E-state index in [0.717, 1.165) is 44.1 Å². The molecule has 1 heterocycles. The molecule has 1 saturated heterocycles. The quantitative estimate of drug-likeness (QED) is 0.878. The maximum Gasteiger partial charge on any atom is 0.243 e. The van der Waals surface area contributed by atoms with Crippen LogP contribution in [0.3, 0.4) is 0 Å². The lowest BCUT2D eigenvalue weighted by Gasteiger charge is -2.34. The topological polar surface area (TPSA) is 63.4 Å². The fourth-order valence-corrected chi connectivity index (χ4v) is 4.77. The maximum atomic E-state index is 12.8. The summed E-state index contributed by atoms with van der Waals surface area (Å²) < 4.78 is 27.4. The molecule has 118 valence electrons. The van der Waals surface area contributed by atoms with Gasteiger partial charge in [-0.15, -0.1) is 0 Å². The zero-order chi connectivity index (χ0) is 15.3. The number of piperidine rings is 1. The van der Waals surface area contributed by atoms with Gasteiger partial charge in [-0.1, -0.05) is 31.9 Å². The molecule has 2 rings (SSSR count). The fourth-order valence-electron chi connectivity index (χ4n) is 3.04. The number of sulfonamides is 1. The van der Waals surface area contributed by atoms with Crippen LogP contribution in [0.25, 0.3) is 0 Å². The Kier molecular flexibility index (Phi) is 5.79. The van der Waals surface area contributed by atoms with E-state index < -0.39 is 10.0 Å². The minimum Gasteiger partial charge on any atom is -0.330 e. The molecule has 0 radical (unpaired) electrons. The standard InChI is InChI=1S/C16H26N2O2S/c1-2-5-15-6-3-4-13-18(15)21(19,20)16-9-7-14(8-10-16)11-12-17/h7-10,15H,2-6,11-13,17H2,1H3. The molecule has 1 atom stereocenters. The minimum absolute atomic E-state index is 0.164. The maximum absolute atomic E-state index is 12.8. The van der Waals surface area contributed by atoms with Crippen LogP contribution < -0.4 is 5.73 Å². The highest BCUT2D eigenvalue weighted by Crippen LogP contribution is 2.27. The van der Waals surface area contributed by atoms with Crippen LogP contribution in [0.15, 0.2) is 29.2 Å². The summed E-state index contributed by atoms with van der Waals surface area (Å²) in [7, 11) is -3.36. The van der Waals surface area contributed by atoms with Crippen molar-refractivity contribution in [2.45, 2.75) is 56.4 Å². The van der Waals surface area contributed by atoms with Crippen molar-refractivity contribution in [1.82, 2.24) is 4.31 Å². The molecule has 0 amide bonds. The molecule has 1 aliphatic rings. The predicted molar refractivity (Wildman–Crippen MR) is 85.6 cm³/mol. The van der Waals surface area contributed by atoms with Crippen molar-refractivity contribution >= 4 is 10.0 Å². The molecule has 0 bridgehead atoms. The molecule has 1 aromatic rings. The molecule has 4 nitrogen and oxygen atoms in total. The Labute approximate surface area is 128 Å². The summed E-state index contributed by atoms with van der Waals surface area (Å²) in [4.78, 5) is 0.409. The fraction of sp³-hybridized carbons (Fsp3) is 0.625. The second kappa shape index (κ2) is 7.38. The highest BCUT2D eigenvalue weighted by molar-refractivity contribution is 7.89. The van der Waals surface area contributed by atoms with Gasteiger partial charge in [0.05, 0.1) is 4.90 Å². The molecule has 1 fully saturated rings. The molecule has 2 N–H and O–H groups in total. The molecule has 1 aliphatic heterocycles. The van der Waals surface area contributed by atoms with E-state index in [1.807, 2.05) is 12.1 Å². The van der Waals surface area contributed by atoms with E-state index in [-0.39, 0.29) is 6.04 Å². The monoisotopic (exact) mass is 310 g/mol. The lowest BCUT2D eigenvalue weighted by molar-refractivity contribution is 0.239. The second-order valence-corrected chi connectivity index (χ2v) is 7.63. The van der Waals surface area contributed by atoms with Gasteiger partial charge >= 0.3 is 0 Å². The van der Waals surface area contributed by atoms with Crippen molar-refractivity contribution in [1.29, 1.82) is 0 Å². The molecule has 21 heavy (non-hydrogen) atoms. The first-order chi connectivity index (χ1) is 10.1. The molecular weight excluding hydrogens is 284 g/mol. The average molecular weight is 310 g/mol.